The number of H-pyrrole nitrogens is 1. The summed E-state index contributed by atoms with van der Waals surface area (Å²) in [6.07, 6.45) is 5.07. The lowest BCUT2D eigenvalue weighted by Gasteiger charge is -2.44. The molecular weight excluding hydrogens is 284 g/mol. The molecule has 4 rings (SSSR count). The van der Waals surface area contributed by atoms with Crippen LogP contribution in [-0.4, -0.2) is 29.6 Å². The third kappa shape index (κ3) is 2.23. The van der Waals surface area contributed by atoms with Crippen LogP contribution in [0.5, 0.6) is 0 Å². The van der Waals surface area contributed by atoms with E-state index in [0.29, 0.717) is 0 Å². The molecule has 1 aromatic carbocycles. The number of rotatable bonds is 1. The molecule has 1 saturated heterocycles. The molecule has 0 amide bonds. The topological polar surface area (TPSA) is 44.0 Å². The van der Waals surface area contributed by atoms with E-state index in [9.17, 15) is 0 Å². The van der Waals surface area contributed by atoms with E-state index >= 15 is 0 Å². The Labute approximate surface area is 129 Å². The van der Waals surface area contributed by atoms with Crippen LogP contribution in [0, 0.1) is 0 Å². The maximum absolute atomic E-state index is 5.97. The molecule has 1 spiro atoms. The van der Waals surface area contributed by atoms with Crippen molar-refractivity contribution in [3.05, 3.63) is 47.0 Å². The minimum Gasteiger partial charge on any atom is -0.371 e. The summed E-state index contributed by atoms with van der Waals surface area (Å²) in [4.78, 5) is 10.3. The normalized spacial score (nSPS) is 20.5. The van der Waals surface area contributed by atoms with E-state index in [-0.39, 0.29) is 5.54 Å². The fourth-order valence-corrected chi connectivity index (χ4v) is 3.77. The monoisotopic (exact) mass is 302 g/mol. The van der Waals surface area contributed by atoms with Crippen molar-refractivity contribution in [2.24, 2.45) is 0 Å². The van der Waals surface area contributed by atoms with E-state index in [4.69, 9.17) is 11.6 Å². The summed E-state index contributed by atoms with van der Waals surface area (Å²) in [6, 6.07) is 8.14. The summed E-state index contributed by atoms with van der Waals surface area (Å²) in [5.74, 6) is 0. The summed E-state index contributed by atoms with van der Waals surface area (Å²) in [6.45, 7) is 3.12. The smallest absolute Gasteiger partial charge is 0.0926 e. The van der Waals surface area contributed by atoms with E-state index in [1.165, 1.54) is 17.1 Å². The van der Waals surface area contributed by atoms with Gasteiger partial charge >= 0.3 is 0 Å². The zero-order valence-corrected chi connectivity index (χ0v) is 12.7. The number of nitrogens with one attached hydrogen (secondary N) is 2. The SMILES string of the molecule is Clc1ccc(N2CCC3(CC2)NCCc2[nH]cnc23)cc1. The van der Waals surface area contributed by atoms with Crippen molar-refractivity contribution in [2.75, 3.05) is 24.5 Å². The number of aromatic nitrogens is 2. The largest absolute Gasteiger partial charge is 0.371 e. The predicted molar refractivity (Wildman–Crippen MR) is 84.9 cm³/mol. The van der Waals surface area contributed by atoms with Crippen LogP contribution in [0.15, 0.2) is 30.6 Å². The van der Waals surface area contributed by atoms with E-state index < -0.39 is 0 Å². The highest BCUT2D eigenvalue weighted by molar-refractivity contribution is 6.30. The van der Waals surface area contributed by atoms with Crippen molar-refractivity contribution in [2.45, 2.75) is 24.8 Å². The minimum absolute atomic E-state index is 0.0660. The van der Waals surface area contributed by atoms with Crippen LogP contribution < -0.4 is 10.2 Å². The van der Waals surface area contributed by atoms with Crippen molar-refractivity contribution in [3.63, 3.8) is 0 Å². The van der Waals surface area contributed by atoms with Crippen molar-refractivity contribution in [1.82, 2.24) is 15.3 Å². The Hall–Kier alpha value is -1.52. The first-order valence-corrected chi connectivity index (χ1v) is 7.93. The summed E-state index contributed by atoms with van der Waals surface area (Å²) >= 11 is 5.97. The van der Waals surface area contributed by atoms with Gasteiger partial charge in [-0.3, -0.25) is 0 Å². The number of nitrogens with zero attached hydrogens (tertiary/aromatic N) is 2. The maximum Gasteiger partial charge on any atom is 0.0926 e. The molecule has 2 aliphatic rings. The fourth-order valence-electron chi connectivity index (χ4n) is 3.65. The first-order valence-electron chi connectivity index (χ1n) is 7.55. The molecular formula is C16H19ClN4. The first-order chi connectivity index (χ1) is 10.3. The zero-order valence-electron chi connectivity index (χ0n) is 11.9. The highest BCUT2D eigenvalue weighted by atomic mass is 35.5. The van der Waals surface area contributed by atoms with Gasteiger partial charge in [0, 0.05) is 42.5 Å². The third-order valence-corrected chi connectivity index (χ3v) is 5.07. The summed E-state index contributed by atoms with van der Waals surface area (Å²) in [7, 11) is 0. The fraction of sp³-hybridized carbons (Fsp3) is 0.438. The van der Waals surface area contributed by atoms with Crippen molar-refractivity contribution < 1.29 is 0 Å². The number of benzene rings is 1. The van der Waals surface area contributed by atoms with Crippen LogP contribution in [0.4, 0.5) is 5.69 Å². The second kappa shape index (κ2) is 5.04. The lowest BCUT2D eigenvalue weighted by Crippen LogP contribution is -2.54. The number of imidazole rings is 1. The molecule has 5 heteroatoms. The van der Waals surface area contributed by atoms with Gasteiger partial charge in [-0.1, -0.05) is 11.6 Å². The quantitative estimate of drug-likeness (QED) is 0.851. The van der Waals surface area contributed by atoms with Crippen molar-refractivity contribution in [3.8, 4) is 0 Å². The van der Waals surface area contributed by atoms with E-state index in [2.05, 4.69) is 32.3 Å². The van der Waals surface area contributed by atoms with Gasteiger partial charge in [-0.05, 0) is 37.1 Å². The molecule has 3 heterocycles. The van der Waals surface area contributed by atoms with Crippen LogP contribution >= 0.6 is 11.6 Å². The third-order valence-electron chi connectivity index (χ3n) is 4.82. The van der Waals surface area contributed by atoms with Gasteiger partial charge in [0.2, 0.25) is 0 Å². The Morgan fingerprint density at radius 3 is 2.67 bits per heavy atom. The number of fused-ring (bicyclic) bond motifs is 2. The van der Waals surface area contributed by atoms with Crippen LogP contribution in [0.1, 0.15) is 24.2 Å². The Kier molecular flexibility index (Phi) is 3.16. The van der Waals surface area contributed by atoms with Crippen LogP contribution in [0.25, 0.3) is 0 Å². The highest BCUT2D eigenvalue weighted by Gasteiger charge is 2.41. The Bertz CT molecular complexity index is 626. The molecule has 2 N–H and O–H groups in total. The maximum atomic E-state index is 5.97. The Morgan fingerprint density at radius 1 is 1.14 bits per heavy atom. The van der Waals surface area contributed by atoms with Crippen molar-refractivity contribution >= 4 is 17.3 Å². The lowest BCUT2D eigenvalue weighted by molar-refractivity contribution is 0.243. The Morgan fingerprint density at radius 2 is 1.90 bits per heavy atom. The molecule has 110 valence electrons. The van der Waals surface area contributed by atoms with Crippen LogP contribution in [0.2, 0.25) is 5.02 Å². The molecule has 0 atom stereocenters. The number of halogens is 1. The average Bonchev–Trinajstić information content (AvgIpc) is 3.00. The Balaban J connectivity index is 1.54. The summed E-state index contributed by atoms with van der Waals surface area (Å²) < 4.78 is 0. The summed E-state index contributed by atoms with van der Waals surface area (Å²) in [5.41, 5.74) is 3.88. The standard InChI is InChI=1S/C16H19ClN4/c17-12-1-3-13(4-2-12)21-9-6-16(7-10-21)15-14(5-8-20-16)18-11-19-15/h1-4,11,20H,5-10H2,(H,18,19). The molecule has 4 nitrogen and oxygen atoms in total. The molecule has 1 aromatic heterocycles. The molecule has 1 fully saturated rings. The molecule has 0 bridgehead atoms. The van der Waals surface area contributed by atoms with E-state index in [1.807, 2.05) is 18.5 Å². The van der Waals surface area contributed by atoms with Crippen LogP contribution in [-0.2, 0) is 12.0 Å². The van der Waals surface area contributed by atoms with Gasteiger partial charge in [0.25, 0.3) is 0 Å². The number of piperidine rings is 1. The van der Waals surface area contributed by atoms with Crippen LogP contribution in [0.3, 0.4) is 0 Å². The molecule has 0 unspecified atom stereocenters. The van der Waals surface area contributed by atoms with Gasteiger partial charge in [0.15, 0.2) is 0 Å². The van der Waals surface area contributed by atoms with Gasteiger partial charge < -0.3 is 15.2 Å². The molecule has 0 aliphatic carbocycles. The predicted octanol–water partition coefficient (Wildman–Crippen LogP) is 2.70. The lowest BCUT2D eigenvalue weighted by atomic mass is 9.80. The first kappa shape index (κ1) is 13.2. The van der Waals surface area contributed by atoms with Gasteiger partial charge in [-0.25, -0.2) is 4.98 Å². The second-order valence-electron chi connectivity index (χ2n) is 5.95. The summed E-state index contributed by atoms with van der Waals surface area (Å²) in [5, 5.41) is 4.52. The number of aromatic amines is 1. The average molecular weight is 303 g/mol. The van der Waals surface area contributed by atoms with Crippen molar-refractivity contribution in [1.29, 1.82) is 0 Å². The van der Waals surface area contributed by atoms with E-state index in [0.717, 1.165) is 43.9 Å². The van der Waals surface area contributed by atoms with Gasteiger partial charge in [0.05, 0.1) is 17.6 Å². The number of hydrogen-bond donors (Lipinski definition) is 2. The molecule has 21 heavy (non-hydrogen) atoms. The second-order valence-corrected chi connectivity index (χ2v) is 6.39. The highest BCUT2D eigenvalue weighted by Crippen LogP contribution is 2.37. The molecule has 0 radical (unpaired) electrons. The number of hydrogen-bond acceptors (Lipinski definition) is 3. The molecule has 2 aliphatic heterocycles. The molecule has 0 saturated carbocycles. The van der Waals surface area contributed by atoms with Gasteiger partial charge in [0.1, 0.15) is 0 Å². The van der Waals surface area contributed by atoms with Gasteiger partial charge in [-0.2, -0.15) is 0 Å². The zero-order chi connectivity index (χ0) is 14.3. The van der Waals surface area contributed by atoms with Gasteiger partial charge in [-0.15, -0.1) is 0 Å². The molecule has 2 aromatic rings. The number of anilines is 1. The minimum atomic E-state index is 0.0660. The van der Waals surface area contributed by atoms with E-state index in [1.54, 1.807) is 0 Å².